The number of benzene rings is 1. The molecule has 1 aromatic heterocycles. The van der Waals surface area contributed by atoms with Crippen molar-refractivity contribution in [1.29, 1.82) is 0 Å². The molecule has 0 spiro atoms. The number of rotatable bonds is 8. The molecule has 0 saturated heterocycles. The Bertz CT molecular complexity index is 730. The summed E-state index contributed by atoms with van der Waals surface area (Å²) in [6.07, 6.45) is 1.89. The second-order valence-electron chi connectivity index (χ2n) is 5.64. The summed E-state index contributed by atoms with van der Waals surface area (Å²) < 4.78 is 0.696. The first-order valence-electron chi connectivity index (χ1n) is 7.94. The van der Waals surface area contributed by atoms with Gasteiger partial charge in [0.25, 0.3) is 0 Å². The minimum Gasteiger partial charge on any atom is -0.349 e. The summed E-state index contributed by atoms with van der Waals surface area (Å²) in [6, 6.07) is 12.9. The van der Waals surface area contributed by atoms with Gasteiger partial charge < -0.3 is 10.2 Å². The topological polar surface area (TPSA) is 49.4 Å². The number of halogens is 1. The molecule has 0 radical (unpaired) electrons. The van der Waals surface area contributed by atoms with Crippen molar-refractivity contribution in [3.8, 4) is 0 Å². The summed E-state index contributed by atoms with van der Waals surface area (Å²) in [6.45, 7) is 6.10. The summed E-state index contributed by atoms with van der Waals surface area (Å²) in [4.78, 5) is 27.1. The summed E-state index contributed by atoms with van der Waals surface area (Å²) in [5.41, 5.74) is 0.906. The zero-order valence-electron chi connectivity index (χ0n) is 14.1. The molecule has 1 atom stereocenters. The molecule has 0 aliphatic rings. The number of thiophene rings is 1. The lowest BCUT2D eigenvalue weighted by molar-refractivity contribution is -0.132. The summed E-state index contributed by atoms with van der Waals surface area (Å²) in [5.74, 6) is -0.214. The summed E-state index contributed by atoms with van der Waals surface area (Å²) >= 11 is 7.42. The number of amides is 2. The van der Waals surface area contributed by atoms with Crippen LogP contribution in [0.5, 0.6) is 0 Å². The van der Waals surface area contributed by atoms with Gasteiger partial charge in [-0.05, 0) is 17.7 Å². The minimum atomic E-state index is -0.356. The number of nitrogens with one attached hydrogen (secondary N) is 1. The Hall–Kier alpha value is -2.11. The third kappa shape index (κ3) is 6.03. The van der Waals surface area contributed by atoms with Gasteiger partial charge in [0.2, 0.25) is 11.8 Å². The molecule has 4 nitrogen and oxygen atoms in total. The molecule has 0 aliphatic heterocycles. The maximum Gasteiger partial charge on any atom is 0.225 e. The first-order chi connectivity index (χ1) is 12.0. The molecule has 2 aromatic rings. The fraction of sp³-hybridized carbons (Fsp3) is 0.263. The van der Waals surface area contributed by atoms with Crippen LogP contribution in [-0.4, -0.2) is 23.3 Å². The lowest BCUT2D eigenvalue weighted by Gasteiger charge is -2.24. The highest BCUT2D eigenvalue weighted by Gasteiger charge is 2.21. The Labute approximate surface area is 157 Å². The minimum absolute atomic E-state index is 0.0491. The van der Waals surface area contributed by atoms with Gasteiger partial charge in [-0.25, -0.2) is 0 Å². The quantitative estimate of drug-likeness (QED) is 0.702. The second-order valence-corrected chi connectivity index (χ2v) is 7.44. The highest BCUT2D eigenvalue weighted by atomic mass is 35.5. The summed E-state index contributed by atoms with van der Waals surface area (Å²) in [5, 5.41) is 2.86. The maximum absolute atomic E-state index is 12.8. The van der Waals surface area contributed by atoms with Gasteiger partial charge in [0, 0.05) is 18.3 Å². The highest BCUT2D eigenvalue weighted by molar-refractivity contribution is 7.16. The van der Waals surface area contributed by atoms with E-state index >= 15 is 0 Å². The van der Waals surface area contributed by atoms with Crippen molar-refractivity contribution >= 4 is 34.8 Å². The van der Waals surface area contributed by atoms with Crippen molar-refractivity contribution in [3.63, 3.8) is 0 Å². The zero-order valence-corrected chi connectivity index (χ0v) is 15.6. The van der Waals surface area contributed by atoms with Crippen LogP contribution in [0.15, 0.2) is 55.1 Å². The first kappa shape index (κ1) is 19.2. The highest BCUT2D eigenvalue weighted by Crippen LogP contribution is 2.24. The Morgan fingerprint density at radius 1 is 1.28 bits per heavy atom. The van der Waals surface area contributed by atoms with E-state index in [4.69, 9.17) is 11.6 Å². The van der Waals surface area contributed by atoms with Crippen molar-refractivity contribution in [2.45, 2.75) is 25.9 Å². The van der Waals surface area contributed by atoms with Gasteiger partial charge in [0.1, 0.15) is 0 Å². The van der Waals surface area contributed by atoms with E-state index in [1.165, 1.54) is 18.3 Å². The van der Waals surface area contributed by atoms with Crippen molar-refractivity contribution in [3.05, 3.63) is 69.9 Å². The van der Waals surface area contributed by atoms with Crippen LogP contribution in [0.3, 0.4) is 0 Å². The lowest BCUT2D eigenvalue weighted by Crippen LogP contribution is -2.35. The van der Waals surface area contributed by atoms with E-state index in [0.717, 1.165) is 10.4 Å². The average molecular weight is 377 g/mol. The van der Waals surface area contributed by atoms with E-state index in [-0.39, 0.29) is 24.3 Å². The van der Waals surface area contributed by atoms with E-state index in [9.17, 15) is 9.59 Å². The molecule has 1 heterocycles. The fourth-order valence-corrected chi connectivity index (χ4v) is 3.63. The molecule has 132 valence electrons. The lowest BCUT2D eigenvalue weighted by atomic mass is 10.0. The van der Waals surface area contributed by atoms with Crippen LogP contribution in [0.4, 0.5) is 0 Å². The van der Waals surface area contributed by atoms with Crippen LogP contribution >= 0.6 is 22.9 Å². The molecule has 1 aromatic carbocycles. The molecule has 0 bridgehead atoms. The Kier molecular flexibility index (Phi) is 7.22. The van der Waals surface area contributed by atoms with E-state index in [1.54, 1.807) is 11.0 Å². The third-order valence-electron chi connectivity index (χ3n) is 3.64. The van der Waals surface area contributed by atoms with Crippen LogP contribution in [-0.2, 0) is 16.1 Å². The van der Waals surface area contributed by atoms with Gasteiger partial charge in [-0.3, -0.25) is 9.59 Å². The number of carbonyl (C=O) groups excluding carboxylic acids is 2. The Balaban J connectivity index is 2.12. The molecule has 0 saturated carbocycles. The van der Waals surface area contributed by atoms with Crippen LogP contribution in [0.25, 0.3) is 0 Å². The normalized spacial score (nSPS) is 11.6. The Morgan fingerprint density at radius 2 is 2.00 bits per heavy atom. The zero-order chi connectivity index (χ0) is 18.2. The molecule has 1 N–H and O–H groups in total. The largest absolute Gasteiger partial charge is 0.349 e. The van der Waals surface area contributed by atoms with Crippen molar-refractivity contribution in [1.82, 2.24) is 10.2 Å². The van der Waals surface area contributed by atoms with E-state index in [2.05, 4.69) is 11.9 Å². The molecule has 25 heavy (non-hydrogen) atoms. The second kappa shape index (κ2) is 9.39. The Morgan fingerprint density at radius 3 is 2.56 bits per heavy atom. The van der Waals surface area contributed by atoms with Gasteiger partial charge in [-0.15, -0.1) is 17.9 Å². The van der Waals surface area contributed by atoms with Crippen LogP contribution in [0, 0.1) is 0 Å². The molecule has 0 fully saturated rings. The van der Waals surface area contributed by atoms with Gasteiger partial charge in [0.05, 0.1) is 23.3 Å². The molecule has 1 unspecified atom stereocenters. The molecule has 6 heteroatoms. The van der Waals surface area contributed by atoms with Crippen molar-refractivity contribution in [2.75, 3.05) is 6.54 Å². The maximum atomic E-state index is 12.8. The van der Waals surface area contributed by atoms with Gasteiger partial charge in [0.15, 0.2) is 0 Å². The third-order valence-corrected chi connectivity index (χ3v) is 4.85. The monoisotopic (exact) mass is 376 g/mol. The molecule has 0 aliphatic carbocycles. The molecule has 2 rings (SSSR count). The van der Waals surface area contributed by atoms with Crippen molar-refractivity contribution in [2.24, 2.45) is 0 Å². The SMILES string of the molecule is C=CCN(Cc1ccc(Cl)s1)C(=O)CC(NC(C)=O)c1ccccc1. The van der Waals surface area contributed by atoms with Gasteiger partial charge in [-0.2, -0.15) is 0 Å². The standard InChI is InChI=1S/C19H21ClN2O2S/c1-3-11-22(13-16-9-10-18(20)25-16)19(24)12-17(21-14(2)23)15-7-5-4-6-8-15/h3-10,17H,1,11-13H2,2H3,(H,21,23). The predicted molar refractivity (Wildman–Crippen MR) is 103 cm³/mol. The number of nitrogens with zero attached hydrogens (tertiary/aromatic N) is 1. The molecular formula is C19H21ClN2O2S. The van der Waals surface area contributed by atoms with E-state index < -0.39 is 0 Å². The molecule has 2 amide bonds. The van der Waals surface area contributed by atoms with E-state index in [0.29, 0.717) is 17.4 Å². The number of hydrogen-bond donors (Lipinski definition) is 1. The number of carbonyl (C=O) groups is 2. The first-order valence-corrected chi connectivity index (χ1v) is 9.14. The van der Waals surface area contributed by atoms with Crippen LogP contribution < -0.4 is 5.32 Å². The van der Waals surface area contributed by atoms with Crippen LogP contribution in [0.1, 0.15) is 29.8 Å². The van der Waals surface area contributed by atoms with Gasteiger partial charge in [-0.1, -0.05) is 48.0 Å². The molecular weight excluding hydrogens is 356 g/mol. The fourth-order valence-electron chi connectivity index (χ4n) is 2.52. The smallest absolute Gasteiger partial charge is 0.225 e. The summed E-state index contributed by atoms with van der Waals surface area (Å²) in [7, 11) is 0. The van der Waals surface area contributed by atoms with Gasteiger partial charge >= 0.3 is 0 Å². The predicted octanol–water partition coefficient (Wildman–Crippen LogP) is 4.18. The number of hydrogen-bond acceptors (Lipinski definition) is 3. The van der Waals surface area contributed by atoms with E-state index in [1.807, 2.05) is 42.5 Å². The van der Waals surface area contributed by atoms with Crippen molar-refractivity contribution < 1.29 is 9.59 Å². The van der Waals surface area contributed by atoms with Crippen LogP contribution in [0.2, 0.25) is 4.34 Å². The average Bonchev–Trinajstić information content (AvgIpc) is 2.99.